The Morgan fingerprint density at radius 3 is 2.38 bits per heavy atom. The maximum Gasteiger partial charge on any atom is 0.408 e. The molecular formula is C13H17ClF4N2O. The van der Waals surface area contributed by atoms with E-state index in [4.69, 9.17) is 4.74 Å². The van der Waals surface area contributed by atoms with E-state index in [0.717, 1.165) is 6.07 Å². The van der Waals surface area contributed by atoms with Crippen molar-refractivity contribution in [1.82, 2.24) is 10.2 Å². The number of para-hydroxylation sites is 1. The second-order valence-corrected chi connectivity index (χ2v) is 4.59. The van der Waals surface area contributed by atoms with Crippen LogP contribution < -0.4 is 10.1 Å². The summed E-state index contributed by atoms with van der Waals surface area (Å²) in [5, 5.41) is 3.00. The zero-order valence-electron chi connectivity index (χ0n) is 11.4. The van der Waals surface area contributed by atoms with Crippen LogP contribution in [-0.4, -0.2) is 44.4 Å². The summed E-state index contributed by atoms with van der Waals surface area (Å²) < 4.78 is 58.7. The fraction of sp³-hybridized carbons (Fsp3) is 0.538. The van der Waals surface area contributed by atoms with Crippen LogP contribution >= 0.6 is 12.4 Å². The molecule has 1 aromatic rings. The van der Waals surface area contributed by atoms with E-state index < -0.39 is 18.0 Å². The molecule has 0 radical (unpaired) electrons. The Balaban J connectivity index is 0.00000220. The second-order valence-electron chi connectivity index (χ2n) is 4.59. The molecule has 0 bridgehead atoms. The van der Waals surface area contributed by atoms with Crippen molar-refractivity contribution in [2.45, 2.75) is 12.2 Å². The first-order chi connectivity index (χ1) is 9.45. The van der Waals surface area contributed by atoms with E-state index in [9.17, 15) is 17.6 Å². The van der Waals surface area contributed by atoms with Crippen LogP contribution in [0, 0.1) is 5.82 Å². The SMILES string of the molecule is COc1c(F)cccc1[C@@H](N1CCNCC1)C(F)(F)F.Cl. The molecule has 1 aliphatic heterocycles. The zero-order valence-corrected chi connectivity index (χ0v) is 12.2. The highest BCUT2D eigenvalue weighted by Gasteiger charge is 2.46. The molecule has 3 nitrogen and oxygen atoms in total. The Morgan fingerprint density at radius 1 is 1.24 bits per heavy atom. The van der Waals surface area contributed by atoms with Crippen molar-refractivity contribution in [3.63, 3.8) is 0 Å². The number of nitrogens with one attached hydrogen (secondary N) is 1. The summed E-state index contributed by atoms with van der Waals surface area (Å²) in [5.41, 5.74) is -0.179. The molecule has 0 amide bonds. The van der Waals surface area contributed by atoms with Gasteiger partial charge in [-0.1, -0.05) is 12.1 Å². The molecule has 120 valence electrons. The molecule has 1 saturated heterocycles. The molecule has 21 heavy (non-hydrogen) atoms. The monoisotopic (exact) mass is 328 g/mol. The third kappa shape index (κ3) is 3.99. The number of benzene rings is 1. The molecule has 1 N–H and O–H groups in total. The third-order valence-electron chi connectivity index (χ3n) is 3.32. The van der Waals surface area contributed by atoms with Crippen molar-refractivity contribution in [3.05, 3.63) is 29.6 Å². The smallest absolute Gasteiger partial charge is 0.408 e. The summed E-state index contributed by atoms with van der Waals surface area (Å²) >= 11 is 0. The molecule has 1 aliphatic rings. The molecule has 1 aromatic carbocycles. The number of halogens is 5. The molecule has 2 rings (SSSR count). The lowest BCUT2D eigenvalue weighted by Crippen LogP contribution is -2.49. The average Bonchev–Trinajstić information content (AvgIpc) is 2.39. The minimum absolute atomic E-state index is 0. The van der Waals surface area contributed by atoms with Crippen LogP contribution in [0.25, 0.3) is 0 Å². The summed E-state index contributed by atoms with van der Waals surface area (Å²) in [6.45, 7) is 1.46. The normalized spacial score (nSPS) is 18.0. The molecular weight excluding hydrogens is 312 g/mol. The number of rotatable bonds is 3. The van der Waals surface area contributed by atoms with E-state index in [1.807, 2.05) is 0 Å². The largest absolute Gasteiger partial charge is 0.493 e. The minimum Gasteiger partial charge on any atom is -0.493 e. The topological polar surface area (TPSA) is 24.5 Å². The first kappa shape index (κ1) is 18.0. The predicted octanol–water partition coefficient (Wildman–Crippen LogP) is 2.76. The maximum atomic E-state index is 13.6. The Kier molecular flexibility index (Phi) is 6.24. The van der Waals surface area contributed by atoms with Crippen molar-refractivity contribution >= 4 is 12.4 Å². The summed E-state index contributed by atoms with van der Waals surface area (Å²) in [6, 6.07) is 1.78. The van der Waals surface area contributed by atoms with Gasteiger partial charge >= 0.3 is 6.18 Å². The predicted molar refractivity (Wildman–Crippen MR) is 73.4 cm³/mol. The molecule has 0 aromatic heterocycles. The molecule has 1 atom stereocenters. The van der Waals surface area contributed by atoms with Crippen molar-refractivity contribution in [1.29, 1.82) is 0 Å². The van der Waals surface area contributed by atoms with Gasteiger partial charge in [-0.25, -0.2) is 4.39 Å². The second kappa shape index (κ2) is 7.29. The molecule has 0 saturated carbocycles. The number of hydrogen-bond donors (Lipinski definition) is 1. The Hall–Kier alpha value is -1.05. The zero-order chi connectivity index (χ0) is 14.8. The lowest BCUT2D eigenvalue weighted by atomic mass is 10.0. The van der Waals surface area contributed by atoms with Gasteiger partial charge in [-0.3, -0.25) is 4.90 Å². The Morgan fingerprint density at radius 2 is 1.86 bits per heavy atom. The van der Waals surface area contributed by atoms with E-state index in [1.165, 1.54) is 24.1 Å². The van der Waals surface area contributed by atoms with Crippen molar-refractivity contribution in [2.24, 2.45) is 0 Å². The van der Waals surface area contributed by atoms with Gasteiger partial charge in [0.05, 0.1) is 7.11 Å². The summed E-state index contributed by atoms with van der Waals surface area (Å²) in [7, 11) is 1.17. The molecule has 1 fully saturated rings. The molecule has 0 unspecified atom stereocenters. The number of hydrogen-bond acceptors (Lipinski definition) is 3. The van der Waals surface area contributed by atoms with E-state index >= 15 is 0 Å². The van der Waals surface area contributed by atoms with Gasteiger partial charge in [-0.05, 0) is 6.07 Å². The van der Waals surface area contributed by atoms with Crippen LogP contribution in [0.3, 0.4) is 0 Å². The first-order valence-corrected chi connectivity index (χ1v) is 6.29. The van der Waals surface area contributed by atoms with Gasteiger partial charge in [0.2, 0.25) is 0 Å². The number of nitrogens with zero attached hydrogens (tertiary/aromatic N) is 1. The molecule has 0 spiro atoms. The lowest BCUT2D eigenvalue weighted by molar-refractivity contribution is -0.188. The summed E-state index contributed by atoms with van der Waals surface area (Å²) in [4.78, 5) is 1.30. The van der Waals surface area contributed by atoms with Gasteiger partial charge in [0.1, 0.15) is 6.04 Å². The van der Waals surface area contributed by atoms with E-state index in [0.29, 0.717) is 13.1 Å². The standard InChI is InChI=1S/C13H16F4N2O.ClH/c1-20-11-9(3-2-4-10(11)14)12(13(15,16)17)19-7-5-18-6-8-19;/h2-4,12,18H,5-8H2,1H3;1H/t12-;/m1./s1. The Labute approximate surface area is 126 Å². The van der Waals surface area contributed by atoms with E-state index in [2.05, 4.69) is 5.32 Å². The van der Waals surface area contributed by atoms with Gasteiger partial charge in [0, 0.05) is 31.7 Å². The minimum atomic E-state index is -4.49. The molecule has 1 heterocycles. The maximum absolute atomic E-state index is 13.6. The van der Waals surface area contributed by atoms with Gasteiger partial charge in [-0.15, -0.1) is 12.4 Å². The van der Waals surface area contributed by atoms with Crippen LogP contribution in [0.4, 0.5) is 17.6 Å². The number of alkyl halides is 3. The van der Waals surface area contributed by atoms with Gasteiger partial charge in [0.25, 0.3) is 0 Å². The fourth-order valence-electron chi connectivity index (χ4n) is 2.48. The van der Waals surface area contributed by atoms with Crippen molar-refractivity contribution in [2.75, 3.05) is 33.3 Å². The van der Waals surface area contributed by atoms with E-state index in [1.54, 1.807) is 0 Å². The number of piperazine rings is 1. The van der Waals surface area contributed by atoms with E-state index in [-0.39, 0.29) is 36.8 Å². The highest BCUT2D eigenvalue weighted by atomic mass is 35.5. The number of methoxy groups -OCH3 is 1. The summed E-state index contributed by atoms with van der Waals surface area (Å²) in [5.74, 6) is -1.12. The van der Waals surface area contributed by atoms with Crippen LogP contribution in [0.15, 0.2) is 18.2 Å². The van der Waals surface area contributed by atoms with Crippen molar-refractivity contribution < 1.29 is 22.3 Å². The average molecular weight is 329 g/mol. The van der Waals surface area contributed by atoms with Crippen LogP contribution in [0.1, 0.15) is 11.6 Å². The molecule has 8 heteroatoms. The van der Waals surface area contributed by atoms with Gasteiger partial charge in [-0.2, -0.15) is 13.2 Å². The third-order valence-corrected chi connectivity index (χ3v) is 3.32. The van der Waals surface area contributed by atoms with Crippen molar-refractivity contribution in [3.8, 4) is 5.75 Å². The fourth-order valence-corrected chi connectivity index (χ4v) is 2.48. The van der Waals surface area contributed by atoms with Crippen LogP contribution in [0.5, 0.6) is 5.75 Å². The Bertz CT molecular complexity index is 464. The highest BCUT2D eigenvalue weighted by molar-refractivity contribution is 5.85. The van der Waals surface area contributed by atoms with Crippen LogP contribution in [-0.2, 0) is 0 Å². The summed E-state index contributed by atoms with van der Waals surface area (Å²) in [6.07, 6.45) is -4.49. The number of ether oxygens (including phenoxy) is 1. The van der Waals surface area contributed by atoms with Gasteiger partial charge < -0.3 is 10.1 Å². The van der Waals surface area contributed by atoms with Crippen LogP contribution in [0.2, 0.25) is 0 Å². The quantitative estimate of drug-likeness (QED) is 0.864. The lowest BCUT2D eigenvalue weighted by Gasteiger charge is -2.36. The van der Waals surface area contributed by atoms with Gasteiger partial charge in [0.15, 0.2) is 11.6 Å². The molecule has 0 aliphatic carbocycles. The first-order valence-electron chi connectivity index (χ1n) is 6.29. The highest BCUT2D eigenvalue weighted by Crippen LogP contribution is 2.42.